The number of benzene rings is 2. The molecule has 23 heavy (non-hydrogen) atoms. The highest BCUT2D eigenvalue weighted by Gasteiger charge is 2.26. The van der Waals surface area contributed by atoms with Crippen molar-refractivity contribution in [2.75, 3.05) is 6.61 Å². The molecule has 0 radical (unpaired) electrons. The fraction of sp³-hybridized carbons (Fsp3) is 0.235. The Bertz CT molecular complexity index is 783. The van der Waals surface area contributed by atoms with Crippen molar-refractivity contribution in [2.45, 2.75) is 20.8 Å². The first-order valence-electron chi connectivity index (χ1n) is 7.12. The van der Waals surface area contributed by atoms with E-state index in [9.17, 15) is 20.0 Å². The second kappa shape index (κ2) is 6.48. The first kappa shape index (κ1) is 16.5. The maximum Gasteiger partial charge on any atom is 0.338 e. The SMILES string of the molecule is CCOC(=O)c1ccc(C)c(O)c1-c1c(C)cccc1[N+](=O)[O-]. The number of carbonyl (C=O) groups excluding carboxylic acids is 1. The van der Waals surface area contributed by atoms with Crippen LogP contribution in [0.1, 0.15) is 28.4 Å². The molecule has 6 nitrogen and oxygen atoms in total. The summed E-state index contributed by atoms with van der Waals surface area (Å²) in [6.07, 6.45) is 0. The molecule has 0 bridgehead atoms. The molecule has 0 spiro atoms. The maximum atomic E-state index is 12.2. The number of aromatic hydroxyl groups is 1. The molecule has 0 atom stereocenters. The van der Waals surface area contributed by atoms with Crippen LogP contribution < -0.4 is 0 Å². The average molecular weight is 315 g/mol. The van der Waals surface area contributed by atoms with E-state index in [4.69, 9.17) is 4.74 Å². The number of phenols is 1. The van der Waals surface area contributed by atoms with Crippen molar-refractivity contribution in [3.63, 3.8) is 0 Å². The van der Waals surface area contributed by atoms with Crippen LogP contribution in [0.2, 0.25) is 0 Å². The van der Waals surface area contributed by atoms with Gasteiger partial charge < -0.3 is 9.84 Å². The number of nitrogens with zero attached hydrogens (tertiary/aromatic N) is 1. The van der Waals surface area contributed by atoms with Gasteiger partial charge in [0.05, 0.1) is 22.7 Å². The minimum absolute atomic E-state index is 0.104. The number of ether oxygens (including phenoxy) is 1. The van der Waals surface area contributed by atoms with Crippen LogP contribution in [0.4, 0.5) is 5.69 Å². The van der Waals surface area contributed by atoms with E-state index < -0.39 is 10.9 Å². The maximum absolute atomic E-state index is 12.2. The number of carbonyl (C=O) groups is 1. The molecule has 1 N–H and O–H groups in total. The summed E-state index contributed by atoms with van der Waals surface area (Å²) in [7, 11) is 0. The van der Waals surface area contributed by atoms with Crippen LogP contribution in [0.3, 0.4) is 0 Å². The van der Waals surface area contributed by atoms with Crippen LogP contribution in [0.15, 0.2) is 30.3 Å². The zero-order chi connectivity index (χ0) is 17.1. The summed E-state index contributed by atoms with van der Waals surface area (Å²) < 4.78 is 5.01. The second-order valence-corrected chi connectivity index (χ2v) is 5.10. The number of rotatable bonds is 4. The van der Waals surface area contributed by atoms with E-state index in [1.165, 1.54) is 12.1 Å². The lowest BCUT2D eigenvalue weighted by Gasteiger charge is -2.15. The standard InChI is InChI=1S/C17H17NO5/c1-4-23-17(20)12-9-8-11(3)16(19)15(12)14-10(2)6-5-7-13(14)18(21)22/h5-9,19H,4H2,1-3H3. The zero-order valence-electron chi connectivity index (χ0n) is 13.1. The Morgan fingerprint density at radius 3 is 2.48 bits per heavy atom. The molecule has 2 aromatic rings. The van der Waals surface area contributed by atoms with Gasteiger partial charge in [0.1, 0.15) is 5.75 Å². The highest BCUT2D eigenvalue weighted by atomic mass is 16.6. The van der Waals surface area contributed by atoms with Gasteiger partial charge in [0, 0.05) is 11.6 Å². The van der Waals surface area contributed by atoms with Gasteiger partial charge in [0.25, 0.3) is 5.69 Å². The Kier molecular flexibility index (Phi) is 4.64. The number of nitro groups is 1. The molecule has 0 fully saturated rings. The fourth-order valence-corrected chi connectivity index (χ4v) is 2.46. The lowest BCUT2D eigenvalue weighted by atomic mass is 9.92. The van der Waals surface area contributed by atoms with Gasteiger partial charge in [-0.05, 0) is 38.0 Å². The highest BCUT2D eigenvalue weighted by Crippen LogP contribution is 2.42. The van der Waals surface area contributed by atoms with Crippen LogP contribution in [0, 0.1) is 24.0 Å². The summed E-state index contributed by atoms with van der Waals surface area (Å²) in [5.41, 5.74) is 1.40. The summed E-state index contributed by atoms with van der Waals surface area (Å²) in [6.45, 7) is 5.20. The van der Waals surface area contributed by atoms with Crippen LogP contribution in [0.5, 0.6) is 5.75 Å². The van der Waals surface area contributed by atoms with Gasteiger partial charge in [-0.15, -0.1) is 0 Å². The van der Waals surface area contributed by atoms with Crippen molar-refractivity contribution in [2.24, 2.45) is 0 Å². The summed E-state index contributed by atoms with van der Waals surface area (Å²) in [5.74, 6) is -0.789. The molecular formula is C17H17NO5. The number of nitro benzene ring substituents is 1. The average Bonchev–Trinajstić information content (AvgIpc) is 2.50. The summed E-state index contributed by atoms with van der Waals surface area (Å²) in [5, 5.41) is 21.8. The van der Waals surface area contributed by atoms with Crippen molar-refractivity contribution in [3.05, 3.63) is 57.1 Å². The number of esters is 1. The van der Waals surface area contributed by atoms with E-state index in [0.717, 1.165) is 0 Å². The van der Waals surface area contributed by atoms with Gasteiger partial charge in [-0.25, -0.2) is 4.79 Å². The van der Waals surface area contributed by atoms with Crippen LogP contribution in [0.25, 0.3) is 11.1 Å². The summed E-state index contributed by atoms with van der Waals surface area (Å²) >= 11 is 0. The smallest absolute Gasteiger partial charge is 0.338 e. The number of phenolic OH excluding ortho intramolecular Hbond substituents is 1. The predicted molar refractivity (Wildman–Crippen MR) is 85.6 cm³/mol. The third-order valence-electron chi connectivity index (χ3n) is 3.57. The lowest BCUT2D eigenvalue weighted by molar-refractivity contribution is -0.384. The van der Waals surface area contributed by atoms with Crippen molar-refractivity contribution >= 4 is 11.7 Å². The molecule has 6 heteroatoms. The first-order valence-corrected chi connectivity index (χ1v) is 7.12. The lowest BCUT2D eigenvalue weighted by Crippen LogP contribution is -2.08. The van der Waals surface area contributed by atoms with Crippen LogP contribution in [-0.4, -0.2) is 22.6 Å². The Morgan fingerprint density at radius 2 is 1.87 bits per heavy atom. The molecule has 0 heterocycles. The molecule has 0 unspecified atom stereocenters. The van der Waals surface area contributed by atoms with Gasteiger partial charge in [-0.1, -0.05) is 18.2 Å². The van der Waals surface area contributed by atoms with E-state index in [-0.39, 0.29) is 34.7 Å². The minimum Gasteiger partial charge on any atom is -0.507 e. The molecule has 2 rings (SSSR count). The predicted octanol–water partition coefficient (Wildman–Crippen LogP) is 3.76. The Balaban J connectivity index is 2.85. The third-order valence-corrected chi connectivity index (χ3v) is 3.57. The van der Waals surface area contributed by atoms with Gasteiger partial charge >= 0.3 is 5.97 Å². The molecular weight excluding hydrogens is 298 g/mol. The fourth-order valence-electron chi connectivity index (χ4n) is 2.46. The summed E-state index contributed by atoms with van der Waals surface area (Å²) in [4.78, 5) is 23.0. The highest BCUT2D eigenvalue weighted by molar-refractivity contribution is 6.01. The Morgan fingerprint density at radius 1 is 1.17 bits per heavy atom. The quantitative estimate of drug-likeness (QED) is 0.527. The van der Waals surface area contributed by atoms with Crippen LogP contribution >= 0.6 is 0 Å². The van der Waals surface area contributed by atoms with Crippen molar-refractivity contribution in [1.82, 2.24) is 0 Å². The monoisotopic (exact) mass is 315 g/mol. The first-order chi connectivity index (χ1) is 10.9. The molecule has 0 saturated carbocycles. The van der Waals surface area contributed by atoms with Gasteiger partial charge in [0.15, 0.2) is 0 Å². The molecule has 0 saturated heterocycles. The van der Waals surface area contributed by atoms with Crippen LogP contribution in [-0.2, 0) is 4.74 Å². The second-order valence-electron chi connectivity index (χ2n) is 5.10. The number of aryl methyl sites for hydroxylation is 2. The molecule has 0 aliphatic rings. The van der Waals surface area contributed by atoms with Gasteiger partial charge in [-0.2, -0.15) is 0 Å². The normalized spacial score (nSPS) is 10.4. The van der Waals surface area contributed by atoms with E-state index in [1.54, 1.807) is 39.0 Å². The molecule has 120 valence electrons. The van der Waals surface area contributed by atoms with E-state index in [1.807, 2.05) is 0 Å². The van der Waals surface area contributed by atoms with Crippen molar-refractivity contribution in [1.29, 1.82) is 0 Å². The number of hydrogen-bond acceptors (Lipinski definition) is 5. The van der Waals surface area contributed by atoms with E-state index in [0.29, 0.717) is 11.1 Å². The minimum atomic E-state index is -0.629. The molecule has 2 aromatic carbocycles. The zero-order valence-corrected chi connectivity index (χ0v) is 13.1. The van der Waals surface area contributed by atoms with Crippen molar-refractivity contribution in [3.8, 4) is 16.9 Å². The van der Waals surface area contributed by atoms with Crippen molar-refractivity contribution < 1.29 is 19.6 Å². The number of hydrogen-bond donors (Lipinski definition) is 1. The third kappa shape index (κ3) is 3.01. The molecule has 0 aromatic heterocycles. The topological polar surface area (TPSA) is 89.7 Å². The largest absolute Gasteiger partial charge is 0.507 e. The molecule has 0 amide bonds. The molecule has 0 aliphatic carbocycles. The Hall–Kier alpha value is -2.89. The molecule has 0 aliphatic heterocycles. The summed E-state index contributed by atoms with van der Waals surface area (Å²) in [6, 6.07) is 7.69. The Labute approximate surface area is 133 Å². The van der Waals surface area contributed by atoms with Gasteiger partial charge in [-0.3, -0.25) is 10.1 Å². The van der Waals surface area contributed by atoms with E-state index >= 15 is 0 Å². The van der Waals surface area contributed by atoms with Gasteiger partial charge in [0.2, 0.25) is 0 Å². The van der Waals surface area contributed by atoms with E-state index in [2.05, 4.69) is 0 Å².